The number of hydrogen-bond acceptors (Lipinski definition) is 5. The summed E-state index contributed by atoms with van der Waals surface area (Å²) < 4.78 is 9.38. The largest absolute Gasteiger partial charge is 0.494 e. The molecule has 30 heavy (non-hydrogen) atoms. The molecule has 1 aliphatic rings. The summed E-state index contributed by atoms with van der Waals surface area (Å²) in [6.07, 6.45) is 0.389. The molecule has 2 aromatic carbocycles. The van der Waals surface area contributed by atoms with Gasteiger partial charge in [-0.15, -0.1) is 0 Å². The lowest BCUT2D eigenvalue weighted by Crippen LogP contribution is -2.25. The van der Waals surface area contributed by atoms with Crippen LogP contribution in [-0.2, 0) is 4.79 Å². The summed E-state index contributed by atoms with van der Waals surface area (Å²) in [4.78, 5) is 17.4. The number of amides is 1. The number of rotatable bonds is 4. The van der Waals surface area contributed by atoms with Gasteiger partial charge in [0.2, 0.25) is 11.0 Å². The fourth-order valence-corrected chi connectivity index (χ4v) is 5.46. The maximum atomic E-state index is 12.6. The lowest BCUT2D eigenvalue weighted by molar-refractivity contribution is -0.116. The number of nitrogens with zero attached hydrogens (tertiary/aromatic N) is 3. The van der Waals surface area contributed by atoms with Crippen molar-refractivity contribution in [3.8, 4) is 10.9 Å². The highest BCUT2D eigenvalue weighted by atomic mass is 79.9. The molecule has 1 unspecified atom stereocenters. The van der Waals surface area contributed by atoms with Crippen molar-refractivity contribution < 1.29 is 9.53 Å². The predicted octanol–water partition coefficient (Wildman–Crippen LogP) is 5.43. The van der Waals surface area contributed by atoms with Crippen LogP contribution in [0.4, 0.5) is 5.82 Å². The Hall–Kier alpha value is -2.71. The van der Waals surface area contributed by atoms with E-state index >= 15 is 0 Å². The van der Waals surface area contributed by atoms with Crippen molar-refractivity contribution >= 4 is 49.2 Å². The molecule has 1 N–H and O–H groups in total. The van der Waals surface area contributed by atoms with E-state index in [4.69, 9.17) is 14.8 Å². The SMILES string of the molecule is CCOc1ccc2nc(-n3nc(C)c4c3NC(=O)CC4c3ccccc3Br)sc2c1. The average Bonchev–Trinajstić information content (AvgIpc) is 3.28. The zero-order valence-corrected chi connectivity index (χ0v) is 18.9. The molecule has 2 aromatic heterocycles. The molecular weight excluding hydrogens is 464 g/mol. The van der Waals surface area contributed by atoms with Crippen LogP contribution in [0.5, 0.6) is 5.75 Å². The number of thiazole rings is 1. The van der Waals surface area contributed by atoms with Gasteiger partial charge in [0.15, 0.2) is 0 Å². The first-order valence-electron chi connectivity index (χ1n) is 9.72. The van der Waals surface area contributed by atoms with Gasteiger partial charge in [-0.25, -0.2) is 4.98 Å². The third-order valence-electron chi connectivity index (χ3n) is 5.22. The van der Waals surface area contributed by atoms with E-state index in [1.165, 1.54) is 11.3 Å². The maximum absolute atomic E-state index is 12.6. The summed E-state index contributed by atoms with van der Waals surface area (Å²) in [7, 11) is 0. The zero-order valence-electron chi connectivity index (χ0n) is 16.5. The number of halogens is 1. The first-order chi connectivity index (χ1) is 14.5. The summed E-state index contributed by atoms with van der Waals surface area (Å²) in [5, 5.41) is 8.51. The summed E-state index contributed by atoms with van der Waals surface area (Å²) in [6.45, 7) is 4.56. The molecule has 1 aliphatic heterocycles. The maximum Gasteiger partial charge on any atom is 0.226 e. The van der Waals surface area contributed by atoms with Gasteiger partial charge in [0.1, 0.15) is 11.6 Å². The van der Waals surface area contributed by atoms with E-state index in [2.05, 4.69) is 27.3 Å². The van der Waals surface area contributed by atoms with Gasteiger partial charge in [-0.1, -0.05) is 45.5 Å². The molecule has 0 spiro atoms. The molecule has 6 nitrogen and oxygen atoms in total. The highest BCUT2D eigenvalue weighted by Gasteiger charge is 2.34. The molecule has 1 atom stereocenters. The minimum absolute atomic E-state index is 0.0239. The van der Waals surface area contributed by atoms with E-state index in [1.54, 1.807) is 4.68 Å². The third-order valence-corrected chi connectivity index (χ3v) is 6.94. The van der Waals surface area contributed by atoms with Gasteiger partial charge in [0.05, 0.1) is 22.5 Å². The molecule has 5 rings (SSSR count). The van der Waals surface area contributed by atoms with Gasteiger partial charge in [-0.2, -0.15) is 9.78 Å². The zero-order chi connectivity index (χ0) is 20.8. The predicted molar refractivity (Wildman–Crippen MR) is 122 cm³/mol. The number of carbonyl (C=O) groups excluding carboxylic acids is 1. The number of benzene rings is 2. The van der Waals surface area contributed by atoms with Crippen molar-refractivity contribution in [1.82, 2.24) is 14.8 Å². The van der Waals surface area contributed by atoms with Crippen LogP contribution in [-0.4, -0.2) is 27.3 Å². The lowest BCUT2D eigenvalue weighted by atomic mass is 9.86. The number of nitrogens with one attached hydrogen (secondary N) is 1. The van der Waals surface area contributed by atoms with Crippen molar-refractivity contribution in [2.75, 3.05) is 11.9 Å². The van der Waals surface area contributed by atoms with Gasteiger partial charge in [-0.3, -0.25) is 4.79 Å². The Bertz CT molecular complexity index is 1280. The van der Waals surface area contributed by atoms with Gasteiger partial charge >= 0.3 is 0 Å². The van der Waals surface area contributed by atoms with E-state index in [9.17, 15) is 4.79 Å². The number of hydrogen-bond donors (Lipinski definition) is 1. The topological polar surface area (TPSA) is 69.0 Å². The van der Waals surface area contributed by atoms with Crippen molar-refractivity contribution in [2.24, 2.45) is 0 Å². The molecule has 3 heterocycles. The minimum atomic E-state index is -0.0583. The molecule has 0 aliphatic carbocycles. The van der Waals surface area contributed by atoms with E-state index in [0.717, 1.165) is 42.4 Å². The van der Waals surface area contributed by atoms with Crippen molar-refractivity contribution in [3.05, 3.63) is 63.8 Å². The van der Waals surface area contributed by atoms with Gasteiger partial charge in [0, 0.05) is 22.4 Å². The van der Waals surface area contributed by atoms with Gasteiger partial charge in [0.25, 0.3) is 0 Å². The Labute approximate surface area is 186 Å². The molecule has 1 amide bonds. The second-order valence-electron chi connectivity index (χ2n) is 7.14. The van der Waals surface area contributed by atoms with Crippen molar-refractivity contribution in [1.29, 1.82) is 0 Å². The third kappa shape index (κ3) is 3.20. The first kappa shape index (κ1) is 19.3. The molecule has 0 fully saturated rings. The monoisotopic (exact) mass is 482 g/mol. The fraction of sp³-hybridized carbons (Fsp3) is 0.227. The normalized spacial score (nSPS) is 15.8. The molecule has 4 aromatic rings. The van der Waals surface area contributed by atoms with Crippen molar-refractivity contribution in [3.63, 3.8) is 0 Å². The summed E-state index contributed by atoms with van der Waals surface area (Å²) in [5.74, 6) is 1.44. The Balaban J connectivity index is 1.64. The fourth-order valence-electron chi connectivity index (χ4n) is 3.95. The molecular formula is C22H19BrN4O2S. The van der Waals surface area contributed by atoms with Crippen LogP contribution in [0.3, 0.4) is 0 Å². The second-order valence-corrected chi connectivity index (χ2v) is 9.01. The Morgan fingerprint density at radius 2 is 2.13 bits per heavy atom. The highest BCUT2D eigenvalue weighted by Crippen LogP contribution is 2.43. The van der Waals surface area contributed by atoms with Gasteiger partial charge in [-0.05, 0) is 43.7 Å². The number of aryl methyl sites for hydroxylation is 1. The number of anilines is 1. The quantitative estimate of drug-likeness (QED) is 0.421. The highest BCUT2D eigenvalue weighted by molar-refractivity contribution is 9.10. The minimum Gasteiger partial charge on any atom is -0.494 e. The van der Waals surface area contributed by atoms with Crippen LogP contribution in [0.15, 0.2) is 46.9 Å². The van der Waals surface area contributed by atoms with Crippen LogP contribution in [0, 0.1) is 6.92 Å². The number of fused-ring (bicyclic) bond motifs is 2. The van der Waals surface area contributed by atoms with E-state index < -0.39 is 0 Å². The standard InChI is InChI=1S/C22H19BrN4O2S/c1-3-29-13-8-9-17-18(10-13)30-22(24-17)27-21-20(12(2)26-27)15(11-19(28)25-21)14-6-4-5-7-16(14)23/h4-10,15H,3,11H2,1-2H3,(H,25,28). The van der Waals surface area contributed by atoms with E-state index in [-0.39, 0.29) is 11.8 Å². The Morgan fingerprint density at radius 1 is 1.30 bits per heavy atom. The summed E-state index contributed by atoms with van der Waals surface area (Å²) in [5.41, 5.74) is 3.89. The molecule has 0 radical (unpaired) electrons. The van der Waals surface area contributed by atoms with Crippen LogP contribution in [0.25, 0.3) is 15.3 Å². The average molecular weight is 483 g/mol. The molecule has 0 saturated carbocycles. The summed E-state index contributed by atoms with van der Waals surface area (Å²) in [6, 6.07) is 13.9. The van der Waals surface area contributed by atoms with E-state index in [1.807, 2.05) is 50.2 Å². The lowest BCUT2D eigenvalue weighted by Gasteiger charge is -2.24. The molecule has 0 bridgehead atoms. The smallest absolute Gasteiger partial charge is 0.226 e. The Kier molecular flexibility index (Phi) is 4.83. The molecule has 0 saturated heterocycles. The molecule has 152 valence electrons. The number of carbonyl (C=O) groups is 1. The van der Waals surface area contributed by atoms with E-state index in [0.29, 0.717) is 18.8 Å². The second kappa shape index (κ2) is 7.52. The van der Waals surface area contributed by atoms with Crippen molar-refractivity contribution in [2.45, 2.75) is 26.2 Å². The number of ether oxygens (including phenoxy) is 1. The number of aromatic nitrogens is 3. The van der Waals surface area contributed by atoms with Crippen LogP contribution < -0.4 is 10.1 Å². The first-order valence-corrected chi connectivity index (χ1v) is 11.3. The Morgan fingerprint density at radius 3 is 2.93 bits per heavy atom. The van der Waals surface area contributed by atoms with Gasteiger partial charge < -0.3 is 10.1 Å². The van der Waals surface area contributed by atoms with Crippen LogP contribution in [0.2, 0.25) is 0 Å². The van der Waals surface area contributed by atoms with Crippen LogP contribution >= 0.6 is 27.3 Å². The molecule has 8 heteroatoms. The van der Waals surface area contributed by atoms with Crippen LogP contribution in [0.1, 0.15) is 36.1 Å². The summed E-state index contributed by atoms with van der Waals surface area (Å²) >= 11 is 5.17.